The largest absolute Gasteiger partial charge is 0.467 e. The molecule has 4 aromatic rings. The monoisotopic (exact) mass is 378 g/mol. The van der Waals surface area contributed by atoms with Gasteiger partial charge in [0.25, 0.3) is 0 Å². The molecule has 1 aromatic carbocycles. The van der Waals surface area contributed by atoms with Crippen LogP contribution in [0.2, 0.25) is 0 Å². The predicted octanol–water partition coefficient (Wildman–Crippen LogP) is 4.81. The predicted molar refractivity (Wildman–Crippen MR) is 102 cm³/mol. The summed E-state index contributed by atoms with van der Waals surface area (Å²) in [5.74, 6) is 2.47. The lowest BCUT2D eigenvalue weighted by molar-refractivity contribution is 0.485. The summed E-state index contributed by atoms with van der Waals surface area (Å²) in [6, 6.07) is 17.6. The summed E-state index contributed by atoms with van der Waals surface area (Å²) in [5.41, 5.74) is 1.80. The number of thioether (sulfide) groups is 1. The van der Waals surface area contributed by atoms with Gasteiger partial charge in [-0.25, -0.2) is 0 Å². The second-order valence-electron chi connectivity index (χ2n) is 5.55. The van der Waals surface area contributed by atoms with E-state index in [1.54, 1.807) is 29.4 Å². The molecule has 0 amide bonds. The smallest absolute Gasteiger partial charge is 0.192 e. The van der Waals surface area contributed by atoms with E-state index in [0.717, 1.165) is 32.9 Å². The number of benzene rings is 1. The van der Waals surface area contributed by atoms with Crippen molar-refractivity contribution in [2.45, 2.75) is 17.5 Å². The summed E-state index contributed by atoms with van der Waals surface area (Å²) < 4.78 is 7.59. The standard InChI is InChI=1S/C19H14N4OS2/c20-11-14-5-7-15(8-6-14)13-26-19-22-21-18(17-4-2-10-25-17)23(19)12-16-3-1-9-24-16/h1-10H,12-13H2. The van der Waals surface area contributed by atoms with Crippen LogP contribution in [0.5, 0.6) is 0 Å². The topological polar surface area (TPSA) is 67.6 Å². The Kier molecular flexibility index (Phi) is 4.86. The maximum Gasteiger partial charge on any atom is 0.192 e. The van der Waals surface area contributed by atoms with Crippen molar-refractivity contribution in [1.29, 1.82) is 5.26 Å². The lowest BCUT2D eigenvalue weighted by Crippen LogP contribution is -2.03. The Bertz CT molecular complexity index is 1010. The minimum Gasteiger partial charge on any atom is -0.467 e. The van der Waals surface area contributed by atoms with Gasteiger partial charge in [-0.2, -0.15) is 5.26 Å². The number of furan rings is 1. The fourth-order valence-corrected chi connectivity index (χ4v) is 4.12. The zero-order valence-corrected chi connectivity index (χ0v) is 15.3. The Morgan fingerprint density at radius 3 is 2.69 bits per heavy atom. The molecular formula is C19H14N4OS2. The van der Waals surface area contributed by atoms with Crippen LogP contribution in [0, 0.1) is 11.3 Å². The highest BCUT2D eigenvalue weighted by molar-refractivity contribution is 7.98. The van der Waals surface area contributed by atoms with Gasteiger partial charge in [0.1, 0.15) is 5.76 Å². The molecule has 0 unspecified atom stereocenters. The highest BCUT2D eigenvalue weighted by atomic mass is 32.2. The summed E-state index contributed by atoms with van der Waals surface area (Å²) in [4.78, 5) is 1.08. The van der Waals surface area contributed by atoms with Gasteiger partial charge in [0.2, 0.25) is 0 Å². The van der Waals surface area contributed by atoms with Crippen molar-refractivity contribution in [2.75, 3.05) is 0 Å². The molecule has 0 radical (unpaired) electrons. The summed E-state index contributed by atoms with van der Waals surface area (Å²) in [6.45, 7) is 0.586. The van der Waals surface area contributed by atoms with Gasteiger partial charge in [-0.05, 0) is 41.3 Å². The normalized spacial score (nSPS) is 10.7. The van der Waals surface area contributed by atoms with E-state index in [9.17, 15) is 0 Å². The van der Waals surface area contributed by atoms with E-state index in [-0.39, 0.29) is 0 Å². The van der Waals surface area contributed by atoms with Gasteiger partial charge >= 0.3 is 0 Å². The van der Waals surface area contributed by atoms with Gasteiger partial charge in [-0.1, -0.05) is 30.0 Å². The maximum absolute atomic E-state index is 8.90. The summed E-state index contributed by atoms with van der Waals surface area (Å²) >= 11 is 3.26. The van der Waals surface area contributed by atoms with E-state index < -0.39 is 0 Å². The van der Waals surface area contributed by atoms with E-state index in [1.165, 1.54) is 0 Å². The van der Waals surface area contributed by atoms with Gasteiger partial charge in [0.05, 0.1) is 29.3 Å². The molecule has 0 aliphatic rings. The molecule has 7 heteroatoms. The quantitative estimate of drug-likeness (QED) is 0.450. The highest BCUT2D eigenvalue weighted by Crippen LogP contribution is 2.29. The van der Waals surface area contributed by atoms with Crippen molar-refractivity contribution in [3.05, 3.63) is 77.1 Å². The fraction of sp³-hybridized carbons (Fsp3) is 0.105. The van der Waals surface area contributed by atoms with Gasteiger partial charge in [-0.15, -0.1) is 21.5 Å². The van der Waals surface area contributed by atoms with Crippen molar-refractivity contribution in [1.82, 2.24) is 14.8 Å². The average molecular weight is 378 g/mol. The molecule has 0 spiro atoms. The van der Waals surface area contributed by atoms with Crippen molar-refractivity contribution in [2.24, 2.45) is 0 Å². The van der Waals surface area contributed by atoms with Crippen molar-refractivity contribution in [3.8, 4) is 16.8 Å². The fourth-order valence-electron chi connectivity index (χ4n) is 2.51. The summed E-state index contributed by atoms with van der Waals surface area (Å²) in [5, 5.41) is 20.6. The Balaban J connectivity index is 1.59. The SMILES string of the molecule is N#Cc1ccc(CSc2nnc(-c3cccs3)n2Cc2ccco2)cc1. The van der Waals surface area contributed by atoms with Crippen LogP contribution in [0.1, 0.15) is 16.9 Å². The molecule has 26 heavy (non-hydrogen) atoms. The number of hydrogen-bond acceptors (Lipinski definition) is 6. The van der Waals surface area contributed by atoms with Gasteiger partial charge in [0.15, 0.2) is 11.0 Å². The van der Waals surface area contributed by atoms with Gasteiger partial charge < -0.3 is 4.42 Å². The molecule has 3 aromatic heterocycles. The van der Waals surface area contributed by atoms with Crippen LogP contribution in [0.4, 0.5) is 0 Å². The van der Waals surface area contributed by atoms with Crippen LogP contribution >= 0.6 is 23.1 Å². The number of aromatic nitrogens is 3. The molecular weight excluding hydrogens is 364 g/mol. The lowest BCUT2D eigenvalue weighted by atomic mass is 10.2. The molecule has 5 nitrogen and oxygen atoms in total. The third kappa shape index (κ3) is 3.57. The van der Waals surface area contributed by atoms with E-state index in [4.69, 9.17) is 9.68 Å². The zero-order chi connectivity index (χ0) is 17.8. The van der Waals surface area contributed by atoms with Crippen molar-refractivity contribution in [3.63, 3.8) is 0 Å². The van der Waals surface area contributed by atoms with E-state index >= 15 is 0 Å². The molecule has 0 saturated carbocycles. The van der Waals surface area contributed by atoms with Gasteiger partial charge in [0, 0.05) is 5.75 Å². The number of nitriles is 1. The third-order valence-corrected chi connectivity index (χ3v) is 5.71. The van der Waals surface area contributed by atoms with E-state index in [2.05, 4.69) is 20.8 Å². The van der Waals surface area contributed by atoms with Crippen LogP contribution in [-0.2, 0) is 12.3 Å². The van der Waals surface area contributed by atoms with E-state index in [1.807, 2.05) is 53.9 Å². The Morgan fingerprint density at radius 2 is 2.00 bits per heavy atom. The minimum atomic E-state index is 0.586. The van der Waals surface area contributed by atoms with Crippen LogP contribution in [0.15, 0.2) is 69.7 Å². The number of hydrogen-bond donors (Lipinski definition) is 0. The molecule has 0 aliphatic carbocycles. The first-order valence-corrected chi connectivity index (χ1v) is 9.81. The highest BCUT2D eigenvalue weighted by Gasteiger charge is 2.16. The second kappa shape index (κ2) is 7.60. The summed E-state index contributed by atoms with van der Waals surface area (Å²) in [7, 11) is 0. The van der Waals surface area contributed by atoms with Crippen LogP contribution in [0.25, 0.3) is 10.7 Å². The lowest BCUT2D eigenvalue weighted by Gasteiger charge is -2.08. The van der Waals surface area contributed by atoms with E-state index in [0.29, 0.717) is 12.1 Å². The van der Waals surface area contributed by atoms with Crippen LogP contribution in [0.3, 0.4) is 0 Å². The van der Waals surface area contributed by atoms with Crippen LogP contribution in [-0.4, -0.2) is 14.8 Å². The molecule has 0 N–H and O–H groups in total. The molecule has 4 rings (SSSR count). The first-order valence-electron chi connectivity index (χ1n) is 7.95. The molecule has 0 fully saturated rings. The Labute approximate surface area is 158 Å². The third-order valence-electron chi connectivity index (χ3n) is 3.80. The first-order chi connectivity index (χ1) is 12.8. The molecule has 0 atom stereocenters. The Morgan fingerprint density at radius 1 is 1.12 bits per heavy atom. The van der Waals surface area contributed by atoms with Gasteiger partial charge in [-0.3, -0.25) is 4.57 Å². The minimum absolute atomic E-state index is 0.586. The zero-order valence-electron chi connectivity index (χ0n) is 13.7. The maximum atomic E-state index is 8.90. The number of thiophene rings is 1. The Hall–Kier alpha value is -2.82. The average Bonchev–Trinajstić information content (AvgIpc) is 3.43. The molecule has 3 heterocycles. The number of rotatable bonds is 6. The molecule has 128 valence electrons. The second-order valence-corrected chi connectivity index (χ2v) is 7.44. The molecule has 0 bridgehead atoms. The van der Waals surface area contributed by atoms with Crippen molar-refractivity contribution < 1.29 is 4.42 Å². The molecule has 0 aliphatic heterocycles. The summed E-state index contributed by atoms with van der Waals surface area (Å²) in [6.07, 6.45) is 1.67. The van der Waals surface area contributed by atoms with Crippen LogP contribution < -0.4 is 0 Å². The number of nitrogens with zero attached hydrogens (tertiary/aromatic N) is 4. The molecule has 0 saturated heterocycles. The van der Waals surface area contributed by atoms with Crippen molar-refractivity contribution >= 4 is 23.1 Å². The first kappa shape index (κ1) is 16.6.